The number of nitro groups is 1. The first kappa shape index (κ1) is 12.2. The van der Waals surface area contributed by atoms with Gasteiger partial charge < -0.3 is 10.2 Å². The molecule has 7 nitrogen and oxygen atoms in total. The molecule has 0 atom stereocenters. The van der Waals surface area contributed by atoms with Crippen LogP contribution in [0.3, 0.4) is 0 Å². The van der Waals surface area contributed by atoms with Gasteiger partial charge in [0.05, 0.1) is 4.92 Å². The van der Waals surface area contributed by atoms with E-state index in [2.05, 4.69) is 15.3 Å². The lowest BCUT2D eigenvalue weighted by Gasteiger charge is -2.16. The molecule has 0 aliphatic rings. The van der Waals surface area contributed by atoms with E-state index in [1.807, 2.05) is 6.92 Å². The van der Waals surface area contributed by atoms with Gasteiger partial charge in [-0.05, 0) is 13.8 Å². The summed E-state index contributed by atoms with van der Waals surface area (Å²) in [6.45, 7) is 4.15. The summed E-state index contributed by atoms with van der Waals surface area (Å²) in [6, 6.07) is 0. The summed E-state index contributed by atoms with van der Waals surface area (Å²) in [6.07, 6.45) is 0. The summed E-state index contributed by atoms with van der Waals surface area (Å²) in [5.74, 6) is 0.725. The normalized spacial score (nSPS) is 10.0. The average Bonchev–Trinajstić information content (AvgIpc) is 2.26. The fourth-order valence-corrected chi connectivity index (χ4v) is 1.29. The average molecular weight is 225 g/mol. The van der Waals surface area contributed by atoms with Crippen molar-refractivity contribution in [3.63, 3.8) is 0 Å². The standard InChI is InChI=1S/C9H15N5O2/c1-5-13(4)8-7(14(15)16)6(2)11-9(10-3)12-8/h5H2,1-4H3,(H,10,11,12). The Labute approximate surface area is 93.7 Å². The molecule has 16 heavy (non-hydrogen) atoms. The molecule has 0 aromatic carbocycles. The fourth-order valence-electron chi connectivity index (χ4n) is 1.29. The van der Waals surface area contributed by atoms with Crippen LogP contribution in [-0.4, -0.2) is 35.5 Å². The summed E-state index contributed by atoms with van der Waals surface area (Å²) in [7, 11) is 3.44. The number of hydrogen-bond acceptors (Lipinski definition) is 6. The highest BCUT2D eigenvalue weighted by atomic mass is 16.6. The van der Waals surface area contributed by atoms with Crippen molar-refractivity contribution in [1.29, 1.82) is 0 Å². The number of nitrogens with zero attached hydrogens (tertiary/aromatic N) is 4. The lowest BCUT2D eigenvalue weighted by Crippen LogP contribution is -2.20. The molecule has 1 aromatic heterocycles. The Bertz CT molecular complexity index is 407. The molecule has 0 bridgehead atoms. The first-order valence-electron chi connectivity index (χ1n) is 4.93. The van der Waals surface area contributed by atoms with Crippen molar-refractivity contribution in [2.24, 2.45) is 0 Å². The summed E-state index contributed by atoms with van der Waals surface area (Å²) in [4.78, 5) is 20.3. The third-order valence-corrected chi connectivity index (χ3v) is 2.28. The van der Waals surface area contributed by atoms with Gasteiger partial charge in [-0.3, -0.25) is 10.1 Å². The zero-order valence-corrected chi connectivity index (χ0v) is 9.81. The first-order chi connectivity index (χ1) is 7.51. The Kier molecular flexibility index (Phi) is 3.60. The van der Waals surface area contributed by atoms with Gasteiger partial charge in [-0.25, -0.2) is 4.98 Å². The number of nitrogens with one attached hydrogen (secondary N) is 1. The Morgan fingerprint density at radius 1 is 1.50 bits per heavy atom. The van der Waals surface area contributed by atoms with E-state index < -0.39 is 4.92 Å². The quantitative estimate of drug-likeness (QED) is 0.612. The zero-order valence-electron chi connectivity index (χ0n) is 9.81. The Hall–Kier alpha value is -1.92. The van der Waals surface area contributed by atoms with E-state index in [-0.39, 0.29) is 5.69 Å². The molecule has 0 spiro atoms. The van der Waals surface area contributed by atoms with E-state index in [0.717, 1.165) is 0 Å². The van der Waals surface area contributed by atoms with Crippen LogP contribution in [0.5, 0.6) is 0 Å². The van der Waals surface area contributed by atoms with Crippen molar-refractivity contribution in [3.05, 3.63) is 15.8 Å². The van der Waals surface area contributed by atoms with E-state index in [1.54, 1.807) is 25.9 Å². The highest BCUT2D eigenvalue weighted by Gasteiger charge is 2.23. The Morgan fingerprint density at radius 2 is 2.12 bits per heavy atom. The molecule has 0 aliphatic carbocycles. The maximum absolute atomic E-state index is 10.9. The second-order valence-electron chi connectivity index (χ2n) is 3.33. The molecule has 0 unspecified atom stereocenters. The molecule has 0 aliphatic heterocycles. The third kappa shape index (κ3) is 2.18. The summed E-state index contributed by atoms with van der Waals surface area (Å²) in [5, 5.41) is 13.7. The number of aryl methyl sites for hydroxylation is 1. The largest absolute Gasteiger partial charge is 0.357 e. The van der Waals surface area contributed by atoms with Crippen LogP contribution in [0, 0.1) is 17.0 Å². The summed E-state index contributed by atoms with van der Waals surface area (Å²) in [5.41, 5.74) is 0.322. The minimum atomic E-state index is -0.448. The van der Waals surface area contributed by atoms with E-state index in [0.29, 0.717) is 24.0 Å². The fraction of sp³-hybridized carbons (Fsp3) is 0.556. The minimum Gasteiger partial charge on any atom is -0.357 e. The van der Waals surface area contributed by atoms with Gasteiger partial charge in [-0.1, -0.05) is 0 Å². The van der Waals surface area contributed by atoms with Gasteiger partial charge in [0.25, 0.3) is 0 Å². The van der Waals surface area contributed by atoms with E-state index >= 15 is 0 Å². The van der Waals surface area contributed by atoms with Crippen LogP contribution in [0.25, 0.3) is 0 Å². The van der Waals surface area contributed by atoms with Crippen LogP contribution in [0.1, 0.15) is 12.6 Å². The SMILES string of the molecule is CCN(C)c1nc(NC)nc(C)c1[N+](=O)[O-]. The predicted molar refractivity (Wildman–Crippen MR) is 61.9 cm³/mol. The van der Waals surface area contributed by atoms with Gasteiger partial charge in [0.1, 0.15) is 5.69 Å². The van der Waals surface area contributed by atoms with Crippen LogP contribution in [0.4, 0.5) is 17.5 Å². The van der Waals surface area contributed by atoms with E-state index in [1.165, 1.54) is 0 Å². The highest BCUT2D eigenvalue weighted by molar-refractivity contribution is 5.61. The maximum Gasteiger partial charge on any atom is 0.332 e. The van der Waals surface area contributed by atoms with Crippen molar-refractivity contribution in [2.75, 3.05) is 30.9 Å². The van der Waals surface area contributed by atoms with Crippen LogP contribution >= 0.6 is 0 Å². The molecular weight excluding hydrogens is 210 g/mol. The molecule has 0 amide bonds. The van der Waals surface area contributed by atoms with Crippen molar-refractivity contribution in [2.45, 2.75) is 13.8 Å². The molecular formula is C9H15N5O2. The van der Waals surface area contributed by atoms with Gasteiger partial charge in [-0.2, -0.15) is 4.98 Å². The second kappa shape index (κ2) is 4.73. The molecule has 88 valence electrons. The van der Waals surface area contributed by atoms with Crippen molar-refractivity contribution < 1.29 is 4.92 Å². The van der Waals surface area contributed by atoms with Gasteiger partial charge in [0, 0.05) is 20.6 Å². The van der Waals surface area contributed by atoms with Crippen LogP contribution in [0.15, 0.2) is 0 Å². The zero-order chi connectivity index (χ0) is 12.3. The molecule has 0 saturated heterocycles. The van der Waals surface area contributed by atoms with E-state index in [9.17, 15) is 10.1 Å². The lowest BCUT2D eigenvalue weighted by atomic mass is 10.3. The number of rotatable bonds is 4. The number of hydrogen-bond donors (Lipinski definition) is 1. The molecule has 0 fully saturated rings. The monoisotopic (exact) mass is 225 g/mol. The maximum atomic E-state index is 10.9. The molecule has 1 heterocycles. The molecule has 0 saturated carbocycles. The number of aromatic nitrogens is 2. The van der Waals surface area contributed by atoms with Crippen LogP contribution in [0.2, 0.25) is 0 Å². The lowest BCUT2D eigenvalue weighted by molar-refractivity contribution is -0.385. The molecule has 1 aromatic rings. The molecule has 1 N–H and O–H groups in total. The predicted octanol–water partition coefficient (Wildman–Crippen LogP) is 1.19. The van der Waals surface area contributed by atoms with Gasteiger partial charge in [-0.15, -0.1) is 0 Å². The van der Waals surface area contributed by atoms with Crippen LogP contribution < -0.4 is 10.2 Å². The second-order valence-corrected chi connectivity index (χ2v) is 3.33. The Morgan fingerprint density at radius 3 is 2.56 bits per heavy atom. The van der Waals surface area contributed by atoms with Crippen molar-refractivity contribution in [3.8, 4) is 0 Å². The molecule has 1 rings (SSSR count). The third-order valence-electron chi connectivity index (χ3n) is 2.28. The summed E-state index contributed by atoms with van der Waals surface area (Å²) >= 11 is 0. The molecule has 0 radical (unpaired) electrons. The van der Waals surface area contributed by atoms with Gasteiger partial charge in [0.2, 0.25) is 11.8 Å². The summed E-state index contributed by atoms with van der Waals surface area (Å²) < 4.78 is 0. The molecule has 7 heteroatoms. The van der Waals surface area contributed by atoms with Gasteiger partial charge in [0.15, 0.2) is 0 Å². The smallest absolute Gasteiger partial charge is 0.332 e. The minimum absolute atomic E-state index is 0.0386. The topological polar surface area (TPSA) is 84.2 Å². The van der Waals surface area contributed by atoms with Crippen molar-refractivity contribution >= 4 is 17.5 Å². The van der Waals surface area contributed by atoms with Crippen LogP contribution in [-0.2, 0) is 0 Å². The first-order valence-corrected chi connectivity index (χ1v) is 4.93. The van der Waals surface area contributed by atoms with Gasteiger partial charge >= 0.3 is 5.69 Å². The number of anilines is 2. The van der Waals surface area contributed by atoms with Crippen molar-refractivity contribution in [1.82, 2.24) is 9.97 Å². The van der Waals surface area contributed by atoms with E-state index in [4.69, 9.17) is 0 Å². The highest BCUT2D eigenvalue weighted by Crippen LogP contribution is 2.28. The Balaban J connectivity index is 3.40.